The summed E-state index contributed by atoms with van der Waals surface area (Å²) in [5.74, 6) is 0.779. The third kappa shape index (κ3) is 8.88. The Hall–Kier alpha value is -1.60. The first-order chi connectivity index (χ1) is 11.9. The molecular formula is C18H32N4O2S. The molecule has 4 N–H and O–H groups in total. The van der Waals surface area contributed by atoms with Crippen molar-refractivity contribution in [2.45, 2.75) is 70.4 Å². The van der Waals surface area contributed by atoms with Gasteiger partial charge in [0.2, 0.25) is 10.0 Å². The lowest BCUT2D eigenvalue weighted by Gasteiger charge is -2.17. The number of nitrogens with one attached hydrogen (secondary N) is 2. The molecule has 25 heavy (non-hydrogen) atoms. The fourth-order valence-corrected chi connectivity index (χ4v) is 2.97. The van der Waals surface area contributed by atoms with Gasteiger partial charge in [-0.05, 0) is 38.0 Å². The highest BCUT2D eigenvalue weighted by atomic mass is 32.2. The van der Waals surface area contributed by atoms with Crippen LogP contribution in [0.25, 0.3) is 0 Å². The molecule has 0 aliphatic rings. The van der Waals surface area contributed by atoms with Crippen LogP contribution in [-0.2, 0) is 16.6 Å². The molecule has 0 aromatic heterocycles. The van der Waals surface area contributed by atoms with Gasteiger partial charge in [0.15, 0.2) is 5.96 Å². The average molecular weight is 369 g/mol. The van der Waals surface area contributed by atoms with E-state index < -0.39 is 10.0 Å². The molecule has 6 nitrogen and oxygen atoms in total. The zero-order valence-corrected chi connectivity index (χ0v) is 16.4. The molecule has 0 heterocycles. The predicted molar refractivity (Wildman–Crippen MR) is 104 cm³/mol. The van der Waals surface area contributed by atoms with Gasteiger partial charge in [0.05, 0.1) is 11.4 Å². The van der Waals surface area contributed by atoms with E-state index in [1.165, 1.54) is 37.8 Å². The lowest BCUT2D eigenvalue weighted by Crippen LogP contribution is -2.42. The molecule has 0 aliphatic carbocycles. The maximum absolute atomic E-state index is 11.3. The Morgan fingerprint density at radius 2 is 1.84 bits per heavy atom. The Bertz CT molecular complexity index is 627. The van der Waals surface area contributed by atoms with E-state index in [-0.39, 0.29) is 4.90 Å². The molecule has 0 amide bonds. The quantitative estimate of drug-likeness (QED) is 0.336. The molecule has 1 atom stereocenters. The van der Waals surface area contributed by atoms with Gasteiger partial charge in [0, 0.05) is 12.6 Å². The van der Waals surface area contributed by atoms with E-state index in [0.29, 0.717) is 12.6 Å². The molecule has 0 fully saturated rings. The number of benzene rings is 1. The molecule has 1 aromatic carbocycles. The Balaban J connectivity index is 2.59. The maximum atomic E-state index is 11.3. The molecule has 0 spiro atoms. The number of guanidine groups is 1. The minimum absolute atomic E-state index is 0.117. The summed E-state index contributed by atoms with van der Waals surface area (Å²) in [5.41, 5.74) is 0.931. The average Bonchev–Trinajstić information content (AvgIpc) is 2.56. The summed E-state index contributed by atoms with van der Waals surface area (Å²) in [4.78, 5) is 4.69. The second kappa shape index (κ2) is 11.1. The van der Waals surface area contributed by atoms with Crippen molar-refractivity contribution in [2.24, 2.45) is 10.1 Å². The van der Waals surface area contributed by atoms with E-state index >= 15 is 0 Å². The van der Waals surface area contributed by atoms with Crippen molar-refractivity contribution >= 4 is 16.0 Å². The van der Waals surface area contributed by atoms with E-state index in [4.69, 9.17) is 5.14 Å². The van der Waals surface area contributed by atoms with Crippen LogP contribution < -0.4 is 15.8 Å². The van der Waals surface area contributed by atoms with Crippen LogP contribution in [0.4, 0.5) is 0 Å². The van der Waals surface area contributed by atoms with Crippen molar-refractivity contribution in [1.82, 2.24) is 10.6 Å². The van der Waals surface area contributed by atoms with Gasteiger partial charge in [-0.15, -0.1) is 0 Å². The standard InChI is InChI=1S/C18H32N4O2S/c1-4-6-7-8-9-15(3)22-18(20-5-2)21-14-16-10-12-17(13-11-16)25(19,23)24/h10-13,15H,4-9,14H2,1-3H3,(H2,19,23,24)(H2,20,21,22). The van der Waals surface area contributed by atoms with Crippen LogP contribution >= 0.6 is 0 Å². The number of nitrogens with zero attached hydrogens (tertiary/aromatic N) is 1. The van der Waals surface area contributed by atoms with Crippen molar-refractivity contribution in [3.8, 4) is 0 Å². The van der Waals surface area contributed by atoms with E-state index in [1.54, 1.807) is 12.1 Å². The van der Waals surface area contributed by atoms with Crippen LogP contribution in [0.3, 0.4) is 0 Å². The van der Waals surface area contributed by atoms with Gasteiger partial charge in [-0.2, -0.15) is 0 Å². The zero-order valence-electron chi connectivity index (χ0n) is 15.6. The molecule has 1 rings (SSSR count). The monoisotopic (exact) mass is 368 g/mol. The largest absolute Gasteiger partial charge is 0.357 e. The number of primary sulfonamides is 1. The van der Waals surface area contributed by atoms with Crippen LogP contribution in [0.1, 0.15) is 58.4 Å². The number of aliphatic imine (C=N–C) groups is 1. The Morgan fingerprint density at radius 1 is 1.16 bits per heavy atom. The van der Waals surface area contributed by atoms with Crippen LogP contribution in [0, 0.1) is 0 Å². The number of nitrogens with two attached hydrogens (primary N) is 1. The molecule has 142 valence electrons. The fourth-order valence-electron chi connectivity index (χ4n) is 2.46. The normalized spacial score (nSPS) is 13.5. The summed E-state index contributed by atoms with van der Waals surface area (Å²) in [7, 11) is -3.65. The summed E-state index contributed by atoms with van der Waals surface area (Å²) >= 11 is 0. The van der Waals surface area contributed by atoms with Crippen LogP contribution in [0.2, 0.25) is 0 Å². The number of hydrogen-bond acceptors (Lipinski definition) is 3. The fraction of sp³-hybridized carbons (Fsp3) is 0.611. The summed E-state index contributed by atoms with van der Waals surface area (Å²) < 4.78 is 22.5. The smallest absolute Gasteiger partial charge is 0.238 e. The highest BCUT2D eigenvalue weighted by molar-refractivity contribution is 7.89. The summed E-state index contributed by atoms with van der Waals surface area (Å²) in [6, 6.07) is 6.86. The summed E-state index contributed by atoms with van der Waals surface area (Å²) in [6.45, 7) is 7.68. The van der Waals surface area contributed by atoms with Crippen LogP contribution in [-0.4, -0.2) is 27.0 Å². The third-order valence-corrected chi connectivity index (χ3v) is 4.82. The predicted octanol–water partition coefficient (Wildman–Crippen LogP) is 2.75. The molecule has 0 saturated carbocycles. The molecule has 1 aromatic rings. The highest BCUT2D eigenvalue weighted by Crippen LogP contribution is 2.10. The molecule has 0 saturated heterocycles. The minimum atomic E-state index is -3.65. The molecule has 1 unspecified atom stereocenters. The minimum Gasteiger partial charge on any atom is -0.357 e. The maximum Gasteiger partial charge on any atom is 0.238 e. The Kier molecular flexibility index (Phi) is 9.52. The zero-order chi connectivity index (χ0) is 18.7. The van der Waals surface area contributed by atoms with Gasteiger partial charge in [0.1, 0.15) is 0 Å². The molecule has 0 aliphatic heterocycles. The number of unbranched alkanes of at least 4 members (excludes halogenated alkanes) is 3. The second-order valence-corrected chi connectivity index (χ2v) is 7.84. The van der Waals surface area contributed by atoms with Crippen LogP contribution in [0.15, 0.2) is 34.2 Å². The molecule has 7 heteroatoms. The number of sulfonamides is 1. The first-order valence-corrected chi connectivity index (χ1v) is 10.6. The Labute approximate surface area is 152 Å². The van der Waals surface area contributed by atoms with Gasteiger partial charge in [0.25, 0.3) is 0 Å². The van der Waals surface area contributed by atoms with Crippen molar-refractivity contribution in [2.75, 3.05) is 6.54 Å². The second-order valence-electron chi connectivity index (χ2n) is 6.28. The number of hydrogen-bond donors (Lipinski definition) is 3. The van der Waals surface area contributed by atoms with E-state index in [1.807, 2.05) is 6.92 Å². The van der Waals surface area contributed by atoms with E-state index in [9.17, 15) is 8.42 Å². The van der Waals surface area contributed by atoms with Crippen molar-refractivity contribution < 1.29 is 8.42 Å². The lowest BCUT2D eigenvalue weighted by atomic mass is 10.1. The van der Waals surface area contributed by atoms with Crippen molar-refractivity contribution in [3.63, 3.8) is 0 Å². The Morgan fingerprint density at radius 3 is 2.40 bits per heavy atom. The van der Waals surface area contributed by atoms with Gasteiger partial charge in [-0.3, -0.25) is 0 Å². The molecule has 0 bridgehead atoms. The van der Waals surface area contributed by atoms with Crippen molar-refractivity contribution in [3.05, 3.63) is 29.8 Å². The third-order valence-electron chi connectivity index (χ3n) is 3.89. The summed E-state index contributed by atoms with van der Waals surface area (Å²) in [5, 5.41) is 11.8. The van der Waals surface area contributed by atoms with E-state index in [2.05, 4.69) is 29.5 Å². The SMILES string of the molecule is CCCCCCC(C)NC(=NCc1ccc(S(N)(=O)=O)cc1)NCC. The molecule has 0 radical (unpaired) electrons. The van der Waals surface area contributed by atoms with Crippen molar-refractivity contribution in [1.29, 1.82) is 0 Å². The summed E-state index contributed by atoms with van der Waals surface area (Å²) in [6.07, 6.45) is 6.14. The van der Waals surface area contributed by atoms with Gasteiger partial charge >= 0.3 is 0 Å². The van der Waals surface area contributed by atoms with Gasteiger partial charge < -0.3 is 10.6 Å². The molecular weight excluding hydrogens is 336 g/mol. The lowest BCUT2D eigenvalue weighted by molar-refractivity contribution is 0.537. The first-order valence-electron chi connectivity index (χ1n) is 9.03. The van der Waals surface area contributed by atoms with Gasteiger partial charge in [-0.1, -0.05) is 44.7 Å². The first kappa shape index (κ1) is 21.4. The number of rotatable bonds is 10. The van der Waals surface area contributed by atoms with Gasteiger partial charge in [-0.25, -0.2) is 18.5 Å². The van der Waals surface area contributed by atoms with E-state index in [0.717, 1.165) is 24.5 Å². The highest BCUT2D eigenvalue weighted by Gasteiger charge is 2.07. The van der Waals surface area contributed by atoms with Crippen LogP contribution in [0.5, 0.6) is 0 Å². The topological polar surface area (TPSA) is 96.6 Å².